The minimum Gasteiger partial charge on any atom is -0.486 e. The van der Waals surface area contributed by atoms with Gasteiger partial charge in [-0.15, -0.1) is 11.3 Å². The number of aryl methyl sites for hydroxylation is 2. The van der Waals surface area contributed by atoms with Gasteiger partial charge in [-0.2, -0.15) is 0 Å². The molecule has 1 unspecified atom stereocenters. The number of rotatable bonds is 4. The Morgan fingerprint density at radius 1 is 1.29 bits per heavy atom. The molecule has 5 heteroatoms. The van der Waals surface area contributed by atoms with E-state index in [0.29, 0.717) is 13.2 Å². The van der Waals surface area contributed by atoms with Crippen LogP contribution < -0.4 is 14.8 Å². The van der Waals surface area contributed by atoms with Gasteiger partial charge in [0.25, 0.3) is 0 Å². The Kier molecular flexibility index (Phi) is 4.12. The van der Waals surface area contributed by atoms with Crippen molar-refractivity contribution in [2.45, 2.75) is 33.4 Å². The molecule has 21 heavy (non-hydrogen) atoms. The lowest BCUT2D eigenvalue weighted by Gasteiger charge is -2.22. The minimum atomic E-state index is 0.275. The second-order valence-electron chi connectivity index (χ2n) is 5.23. The second-order valence-corrected chi connectivity index (χ2v) is 6.46. The lowest BCUT2D eigenvalue weighted by Crippen LogP contribution is -2.21. The van der Waals surface area contributed by atoms with Crippen molar-refractivity contribution in [3.63, 3.8) is 0 Å². The summed E-state index contributed by atoms with van der Waals surface area (Å²) >= 11 is 1.76. The molecule has 4 nitrogen and oxygen atoms in total. The first-order valence-corrected chi connectivity index (χ1v) is 8.01. The van der Waals surface area contributed by atoms with E-state index < -0.39 is 0 Å². The van der Waals surface area contributed by atoms with Gasteiger partial charge in [0.05, 0.1) is 10.7 Å². The van der Waals surface area contributed by atoms with Crippen LogP contribution in [-0.4, -0.2) is 18.2 Å². The molecule has 0 bridgehead atoms. The zero-order valence-electron chi connectivity index (χ0n) is 12.6. The maximum Gasteiger partial charge on any atom is 0.165 e. The van der Waals surface area contributed by atoms with Crippen LogP contribution in [0.5, 0.6) is 11.5 Å². The third kappa shape index (κ3) is 3.04. The molecule has 0 radical (unpaired) electrons. The minimum absolute atomic E-state index is 0.275. The molecule has 1 atom stereocenters. The van der Waals surface area contributed by atoms with Crippen molar-refractivity contribution < 1.29 is 9.47 Å². The molecule has 0 saturated carbocycles. The number of aromatic nitrogens is 1. The molecule has 0 spiro atoms. The van der Waals surface area contributed by atoms with Crippen molar-refractivity contribution >= 4 is 11.3 Å². The molecule has 2 heterocycles. The van der Waals surface area contributed by atoms with Gasteiger partial charge in [-0.25, -0.2) is 4.98 Å². The zero-order valence-corrected chi connectivity index (χ0v) is 13.4. The van der Waals surface area contributed by atoms with Crippen molar-refractivity contribution in [2.24, 2.45) is 0 Å². The van der Waals surface area contributed by atoms with E-state index in [1.54, 1.807) is 11.3 Å². The van der Waals surface area contributed by atoms with E-state index in [1.165, 1.54) is 4.88 Å². The third-order valence-electron chi connectivity index (χ3n) is 3.58. The van der Waals surface area contributed by atoms with Crippen LogP contribution >= 0.6 is 11.3 Å². The molecule has 0 amide bonds. The molecule has 3 rings (SSSR count). The van der Waals surface area contributed by atoms with Crippen LogP contribution in [0, 0.1) is 13.8 Å². The van der Waals surface area contributed by atoms with Crippen molar-refractivity contribution in [1.82, 2.24) is 10.3 Å². The van der Waals surface area contributed by atoms with Crippen LogP contribution in [0.15, 0.2) is 18.2 Å². The highest BCUT2D eigenvalue weighted by Gasteiger charge is 2.17. The molecule has 1 aliphatic heterocycles. The molecule has 0 fully saturated rings. The van der Waals surface area contributed by atoms with Gasteiger partial charge in [-0.05, 0) is 26.8 Å². The summed E-state index contributed by atoms with van der Waals surface area (Å²) in [6.45, 7) is 8.29. The Morgan fingerprint density at radius 3 is 2.86 bits per heavy atom. The molecular formula is C16H20N2O2S. The fourth-order valence-corrected chi connectivity index (χ4v) is 3.53. The smallest absolute Gasteiger partial charge is 0.165 e. The SMILES string of the molecule is Cc1nc(C)c(C(C)NCc2cccc3c2OCCO3)s1. The number of fused-ring (bicyclic) bond motifs is 1. The molecule has 1 aromatic carbocycles. The lowest BCUT2D eigenvalue weighted by atomic mass is 10.1. The van der Waals surface area contributed by atoms with Gasteiger partial charge in [0.2, 0.25) is 0 Å². The Balaban J connectivity index is 1.72. The van der Waals surface area contributed by atoms with Crippen molar-refractivity contribution in [3.05, 3.63) is 39.3 Å². The van der Waals surface area contributed by atoms with Gasteiger partial charge in [-0.1, -0.05) is 12.1 Å². The van der Waals surface area contributed by atoms with Crippen LogP contribution in [0.3, 0.4) is 0 Å². The first-order chi connectivity index (χ1) is 10.1. The van der Waals surface area contributed by atoms with E-state index in [2.05, 4.69) is 30.2 Å². The van der Waals surface area contributed by atoms with E-state index in [-0.39, 0.29) is 6.04 Å². The van der Waals surface area contributed by atoms with Gasteiger partial charge in [0.1, 0.15) is 13.2 Å². The van der Waals surface area contributed by atoms with Crippen LogP contribution in [0.1, 0.15) is 34.1 Å². The van der Waals surface area contributed by atoms with Gasteiger partial charge in [0.15, 0.2) is 11.5 Å². The largest absolute Gasteiger partial charge is 0.486 e. The fourth-order valence-electron chi connectivity index (χ4n) is 2.58. The fraction of sp³-hybridized carbons (Fsp3) is 0.438. The van der Waals surface area contributed by atoms with Crippen molar-refractivity contribution in [2.75, 3.05) is 13.2 Å². The first-order valence-electron chi connectivity index (χ1n) is 7.20. The maximum absolute atomic E-state index is 5.75. The van der Waals surface area contributed by atoms with Gasteiger partial charge < -0.3 is 14.8 Å². The summed E-state index contributed by atoms with van der Waals surface area (Å²) in [4.78, 5) is 5.79. The molecule has 1 aromatic heterocycles. The zero-order chi connectivity index (χ0) is 14.8. The first kappa shape index (κ1) is 14.4. The van der Waals surface area contributed by atoms with Crippen LogP contribution in [0.25, 0.3) is 0 Å². The molecule has 1 aliphatic rings. The number of thiazole rings is 1. The third-order valence-corrected chi connectivity index (χ3v) is 4.83. The Hall–Kier alpha value is -1.59. The summed E-state index contributed by atoms with van der Waals surface area (Å²) in [5.74, 6) is 1.72. The quantitative estimate of drug-likeness (QED) is 0.940. The summed E-state index contributed by atoms with van der Waals surface area (Å²) in [7, 11) is 0. The summed E-state index contributed by atoms with van der Waals surface area (Å²) in [5, 5.41) is 4.67. The monoisotopic (exact) mass is 304 g/mol. The Morgan fingerprint density at radius 2 is 2.10 bits per heavy atom. The normalized spacial score (nSPS) is 15.0. The van der Waals surface area contributed by atoms with Crippen LogP contribution in [0.2, 0.25) is 0 Å². The van der Waals surface area contributed by atoms with Gasteiger partial charge >= 0.3 is 0 Å². The second kappa shape index (κ2) is 6.03. The molecule has 0 aliphatic carbocycles. The van der Waals surface area contributed by atoms with Crippen molar-refractivity contribution in [3.8, 4) is 11.5 Å². The number of ether oxygens (including phenoxy) is 2. The predicted octanol–water partition coefficient (Wildman–Crippen LogP) is 3.38. The Labute approximate surface area is 129 Å². The number of hydrogen-bond donors (Lipinski definition) is 1. The van der Waals surface area contributed by atoms with E-state index >= 15 is 0 Å². The van der Waals surface area contributed by atoms with E-state index in [1.807, 2.05) is 19.1 Å². The van der Waals surface area contributed by atoms with Crippen molar-refractivity contribution in [1.29, 1.82) is 0 Å². The number of benzene rings is 1. The highest BCUT2D eigenvalue weighted by Crippen LogP contribution is 2.34. The molecule has 0 saturated heterocycles. The Bertz CT molecular complexity index is 639. The molecule has 112 valence electrons. The maximum atomic E-state index is 5.75. The topological polar surface area (TPSA) is 43.4 Å². The number of nitrogens with zero attached hydrogens (tertiary/aromatic N) is 1. The molecule has 1 N–H and O–H groups in total. The molecular weight excluding hydrogens is 284 g/mol. The van der Waals surface area contributed by atoms with E-state index in [4.69, 9.17) is 9.47 Å². The lowest BCUT2D eigenvalue weighted by molar-refractivity contribution is 0.169. The summed E-state index contributed by atoms with van der Waals surface area (Å²) in [5.41, 5.74) is 2.25. The van der Waals surface area contributed by atoms with E-state index in [9.17, 15) is 0 Å². The summed E-state index contributed by atoms with van der Waals surface area (Å²) in [6.07, 6.45) is 0. The predicted molar refractivity (Wildman–Crippen MR) is 84.3 cm³/mol. The standard InChI is InChI=1S/C16H20N2O2S/c1-10(16-11(2)18-12(3)21-16)17-9-13-5-4-6-14-15(13)20-8-7-19-14/h4-6,10,17H,7-9H2,1-3H3. The van der Waals surface area contributed by atoms with Gasteiger partial charge in [-0.3, -0.25) is 0 Å². The summed E-state index contributed by atoms with van der Waals surface area (Å²) in [6, 6.07) is 6.32. The average Bonchev–Trinajstić information content (AvgIpc) is 2.83. The number of hydrogen-bond acceptors (Lipinski definition) is 5. The summed E-state index contributed by atoms with van der Waals surface area (Å²) < 4.78 is 11.4. The van der Waals surface area contributed by atoms with Crippen LogP contribution in [-0.2, 0) is 6.54 Å². The van der Waals surface area contributed by atoms with Gasteiger partial charge in [0, 0.05) is 23.0 Å². The highest BCUT2D eigenvalue weighted by molar-refractivity contribution is 7.11. The molecule has 2 aromatic rings. The van der Waals surface area contributed by atoms with E-state index in [0.717, 1.165) is 34.3 Å². The van der Waals surface area contributed by atoms with Crippen LogP contribution in [0.4, 0.5) is 0 Å². The highest BCUT2D eigenvalue weighted by atomic mass is 32.1. The average molecular weight is 304 g/mol. The number of nitrogens with one attached hydrogen (secondary N) is 1. The number of para-hydroxylation sites is 1.